The van der Waals surface area contributed by atoms with E-state index in [0.717, 1.165) is 12.8 Å². The maximum Gasteiger partial charge on any atom is 0.312 e. The fourth-order valence-corrected chi connectivity index (χ4v) is 4.29. The van der Waals surface area contributed by atoms with Crippen molar-refractivity contribution in [2.75, 3.05) is 11.9 Å². The molecule has 28 heavy (non-hydrogen) atoms. The molecular weight excluding hydrogens is 356 g/mol. The summed E-state index contributed by atoms with van der Waals surface area (Å²) in [4.78, 5) is 39.2. The van der Waals surface area contributed by atoms with Gasteiger partial charge >= 0.3 is 5.97 Å². The first-order chi connectivity index (χ1) is 13.4. The predicted octanol–water partition coefficient (Wildman–Crippen LogP) is 3.23. The highest BCUT2D eigenvalue weighted by Crippen LogP contribution is 2.36. The zero-order valence-electron chi connectivity index (χ0n) is 16.9. The van der Waals surface area contributed by atoms with Gasteiger partial charge in [0.2, 0.25) is 5.91 Å². The summed E-state index contributed by atoms with van der Waals surface area (Å²) in [7, 11) is 0. The standard InChI is InChI=1S/C22H30N2O4/c1-14-8-7-11-19(15(14)2)24-13-17(12-20(24)25)22(27)28-16(3)21(26)23-18-9-5-4-6-10-18/h4-6,9-10,14-17,19H,7-8,11-13H2,1-3H3,(H,23,26)/t14-,15-,16+,17-,19+/m1/s1. The number of benzene rings is 1. The van der Waals surface area contributed by atoms with Gasteiger partial charge < -0.3 is 15.0 Å². The van der Waals surface area contributed by atoms with Gasteiger partial charge in [0.25, 0.3) is 5.91 Å². The third kappa shape index (κ3) is 4.54. The zero-order valence-corrected chi connectivity index (χ0v) is 16.9. The van der Waals surface area contributed by atoms with Crippen LogP contribution in [0.4, 0.5) is 5.69 Å². The summed E-state index contributed by atoms with van der Waals surface area (Å²) in [6, 6.07) is 9.23. The Bertz CT molecular complexity index is 721. The van der Waals surface area contributed by atoms with Gasteiger partial charge in [-0.15, -0.1) is 0 Å². The lowest BCUT2D eigenvalue weighted by molar-refractivity contribution is -0.157. The molecular formula is C22H30N2O4. The van der Waals surface area contributed by atoms with Crippen LogP contribution in [0, 0.1) is 17.8 Å². The molecule has 2 fully saturated rings. The number of hydrogen-bond acceptors (Lipinski definition) is 4. The summed E-state index contributed by atoms with van der Waals surface area (Å²) in [6.07, 6.45) is 2.56. The van der Waals surface area contributed by atoms with Gasteiger partial charge in [-0.2, -0.15) is 0 Å². The number of carbonyl (C=O) groups excluding carboxylic acids is 3. The minimum atomic E-state index is -0.912. The molecule has 1 saturated carbocycles. The van der Waals surface area contributed by atoms with Crippen molar-refractivity contribution in [1.29, 1.82) is 0 Å². The Morgan fingerprint density at radius 3 is 2.61 bits per heavy atom. The number of rotatable bonds is 5. The first-order valence-electron chi connectivity index (χ1n) is 10.2. The van der Waals surface area contributed by atoms with E-state index in [9.17, 15) is 14.4 Å². The smallest absolute Gasteiger partial charge is 0.312 e. The van der Waals surface area contributed by atoms with Crippen molar-refractivity contribution in [2.24, 2.45) is 17.8 Å². The number of ether oxygens (including phenoxy) is 1. The van der Waals surface area contributed by atoms with Crippen LogP contribution < -0.4 is 5.32 Å². The topological polar surface area (TPSA) is 75.7 Å². The van der Waals surface area contributed by atoms with Crippen LogP contribution in [0.1, 0.15) is 46.5 Å². The molecule has 0 aromatic heterocycles. The van der Waals surface area contributed by atoms with Crippen LogP contribution >= 0.6 is 0 Å². The minimum absolute atomic E-state index is 0.0225. The molecule has 2 amide bonds. The summed E-state index contributed by atoms with van der Waals surface area (Å²) >= 11 is 0. The summed E-state index contributed by atoms with van der Waals surface area (Å²) in [5.41, 5.74) is 0.651. The summed E-state index contributed by atoms with van der Waals surface area (Å²) in [6.45, 7) is 6.38. The number of anilines is 1. The predicted molar refractivity (Wildman–Crippen MR) is 106 cm³/mol. The fraction of sp³-hybridized carbons (Fsp3) is 0.591. The van der Waals surface area contributed by atoms with Gasteiger partial charge in [-0.05, 0) is 37.3 Å². The summed E-state index contributed by atoms with van der Waals surface area (Å²) in [5.74, 6) is -0.306. The molecule has 1 aliphatic carbocycles. The molecule has 1 saturated heterocycles. The van der Waals surface area contributed by atoms with Crippen molar-refractivity contribution in [3.05, 3.63) is 30.3 Å². The highest BCUT2D eigenvalue weighted by Gasteiger charge is 2.42. The van der Waals surface area contributed by atoms with Crippen LogP contribution in [-0.2, 0) is 19.1 Å². The molecule has 2 aliphatic rings. The maximum absolute atomic E-state index is 12.6. The van der Waals surface area contributed by atoms with E-state index in [0.29, 0.717) is 24.1 Å². The van der Waals surface area contributed by atoms with Crippen LogP contribution in [-0.4, -0.2) is 41.4 Å². The van der Waals surface area contributed by atoms with Crippen LogP contribution in [0.15, 0.2) is 30.3 Å². The first kappa shape index (κ1) is 20.4. The maximum atomic E-state index is 12.6. The molecule has 0 bridgehead atoms. The first-order valence-corrected chi connectivity index (χ1v) is 10.2. The highest BCUT2D eigenvalue weighted by molar-refractivity contribution is 5.95. The lowest BCUT2D eigenvalue weighted by Crippen LogP contribution is -2.45. The molecule has 6 nitrogen and oxygen atoms in total. The Labute approximate surface area is 166 Å². The van der Waals surface area contributed by atoms with E-state index in [1.807, 2.05) is 23.1 Å². The van der Waals surface area contributed by atoms with Gasteiger partial charge in [0.15, 0.2) is 6.10 Å². The quantitative estimate of drug-likeness (QED) is 0.789. The van der Waals surface area contributed by atoms with Gasteiger partial charge in [0.1, 0.15) is 0 Å². The normalized spacial score (nSPS) is 28.7. The second-order valence-electron chi connectivity index (χ2n) is 8.22. The second-order valence-corrected chi connectivity index (χ2v) is 8.22. The van der Waals surface area contributed by atoms with E-state index in [1.165, 1.54) is 6.42 Å². The largest absolute Gasteiger partial charge is 0.452 e. The number of esters is 1. The molecule has 3 rings (SSSR count). The van der Waals surface area contributed by atoms with E-state index in [1.54, 1.807) is 19.1 Å². The number of hydrogen-bond donors (Lipinski definition) is 1. The lowest BCUT2D eigenvalue weighted by Gasteiger charge is -2.39. The number of likely N-dealkylation sites (tertiary alicyclic amines) is 1. The van der Waals surface area contributed by atoms with Gasteiger partial charge in [-0.3, -0.25) is 14.4 Å². The van der Waals surface area contributed by atoms with Crippen LogP contribution in [0.25, 0.3) is 0 Å². The van der Waals surface area contributed by atoms with Crippen molar-refractivity contribution in [1.82, 2.24) is 4.90 Å². The average molecular weight is 386 g/mol. The van der Waals surface area contributed by atoms with Crippen molar-refractivity contribution in [2.45, 2.75) is 58.6 Å². The fourth-order valence-electron chi connectivity index (χ4n) is 4.29. The Balaban J connectivity index is 1.54. The molecule has 1 aromatic rings. The van der Waals surface area contributed by atoms with Gasteiger partial charge in [0, 0.05) is 24.7 Å². The summed E-state index contributed by atoms with van der Waals surface area (Å²) in [5, 5.41) is 2.72. The molecule has 1 heterocycles. The monoisotopic (exact) mass is 386 g/mol. The molecule has 6 heteroatoms. The van der Waals surface area contributed by atoms with Crippen LogP contribution in [0.5, 0.6) is 0 Å². The molecule has 0 spiro atoms. The number of carbonyl (C=O) groups is 3. The van der Waals surface area contributed by atoms with Crippen molar-refractivity contribution in [3.63, 3.8) is 0 Å². The molecule has 1 aromatic carbocycles. The third-order valence-corrected chi connectivity index (χ3v) is 6.26. The number of nitrogens with one attached hydrogen (secondary N) is 1. The molecule has 152 valence electrons. The van der Waals surface area contributed by atoms with Crippen molar-refractivity contribution in [3.8, 4) is 0 Å². The zero-order chi connectivity index (χ0) is 20.3. The molecule has 5 atom stereocenters. The summed E-state index contributed by atoms with van der Waals surface area (Å²) < 4.78 is 5.37. The minimum Gasteiger partial charge on any atom is -0.452 e. The Morgan fingerprint density at radius 1 is 1.18 bits per heavy atom. The van der Waals surface area contributed by atoms with Crippen molar-refractivity contribution < 1.29 is 19.1 Å². The third-order valence-electron chi connectivity index (χ3n) is 6.26. The van der Waals surface area contributed by atoms with Crippen LogP contribution in [0.3, 0.4) is 0 Å². The van der Waals surface area contributed by atoms with Gasteiger partial charge in [-0.25, -0.2) is 0 Å². The molecule has 1 N–H and O–H groups in total. The second kappa shape index (κ2) is 8.76. The number of para-hydroxylation sites is 1. The SMILES string of the molecule is C[C@@H]1[C@H](C)CCC[C@@H]1N1C[C@H](C(=O)O[C@@H](C)C(=O)Nc2ccccc2)CC1=O. The van der Waals surface area contributed by atoms with E-state index >= 15 is 0 Å². The van der Waals surface area contributed by atoms with Gasteiger partial charge in [-0.1, -0.05) is 44.9 Å². The average Bonchev–Trinajstić information content (AvgIpc) is 3.06. The van der Waals surface area contributed by atoms with E-state index in [4.69, 9.17) is 4.74 Å². The molecule has 1 aliphatic heterocycles. The van der Waals surface area contributed by atoms with Crippen LogP contribution in [0.2, 0.25) is 0 Å². The van der Waals surface area contributed by atoms with Gasteiger partial charge in [0.05, 0.1) is 5.92 Å². The Hall–Kier alpha value is -2.37. The van der Waals surface area contributed by atoms with E-state index in [-0.39, 0.29) is 24.3 Å². The van der Waals surface area contributed by atoms with E-state index < -0.39 is 18.0 Å². The Kier molecular flexibility index (Phi) is 6.37. The van der Waals surface area contributed by atoms with E-state index in [2.05, 4.69) is 19.2 Å². The number of amides is 2. The lowest BCUT2D eigenvalue weighted by atomic mass is 9.77. The van der Waals surface area contributed by atoms with Crippen molar-refractivity contribution >= 4 is 23.5 Å². The number of nitrogens with zero attached hydrogens (tertiary/aromatic N) is 1. The highest BCUT2D eigenvalue weighted by atomic mass is 16.5. The molecule has 0 radical (unpaired) electrons. The molecule has 0 unspecified atom stereocenters. The Morgan fingerprint density at radius 2 is 1.89 bits per heavy atom.